The standard InChI is InChI=1S/C14H18O4/c1-17-11-7-10-6-9(14(15)16)4-3-5-12(10)13(8-11)18-2/h7-9H,3-6H2,1-2H3,(H,15,16)/t9-/m1/s1. The maximum atomic E-state index is 11.2. The van der Waals surface area contributed by atoms with E-state index < -0.39 is 5.97 Å². The zero-order chi connectivity index (χ0) is 13.1. The molecule has 0 unspecified atom stereocenters. The van der Waals surface area contributed by atoms with Crippen LogP contribution in [0.5, 0.6) is 11.5 Å². The Bertz CT molecular complexity index is 453. The van der Waals surface area contributed by atoms with Crippen molar-refractivity contribution in [1.82, 2.24) is 0 Å². The van der Waals surface area contributed by atoms with Crippen LogP contribution < -0.4 is 9.47 Å². The number of ether oxygens (including phenoxy) is 2. The molecule has 0 aromatic heterocycles. The number of fused-ring (bicyclic) bond motifs is 1. The average molecular weight is 250 g/mol. The van der Waals surface area contributed by atoms with Gasteiger partial charge in [-0.1, -0.05) is 0 Å². The number of carbonyl (C=O) groups is 1. The molecule has 0 radical (unpaired) electrons. The van der Waals surface area contributed by atoms with Crippen molar-refractivity contribution in [2.75, 3.05) is 14.2 Å². The third-order valence-electron chi connectivity index (χ3n) is 3.53. The number of carboxylic acid groups (broad SMARTS) is 1. The predicted molar refractivity (Wildman–Crippen MR) is 67.3 cm³/mol. The van der Waals surface area contributed by atoms with E-state index in [1.165, 1.54) is 0 Å². The topological polar surface area (TPSA) is 55.8 Å². The summed E-state index contributed by atoms with van der Waals surface area (Å²) < 4.78 is 10.6. The molecule has 18 heavy (non-hydrogen) atoms. The summed E-state index contributed by atoms with van der Waals surface area (Å²) in [6.45, 7) is 0. The molecule has 98 valence electrons. The van der Waals surface area contributed by atoms with E-state index in [4.69, 9.17) is 9.47 Å². The Balaban J connectivity index is 2.42. The van der Waals surface area contributed by atoms with Gasteiger partial charge in [-0.25, -0.2) is 0 Å². The normalized spacial score (nSPS) is 18.7. The highest BCUT2D eigenvalue weighted by atomic mass is 16.5. The summed E-state index contributed by atoms with van der Waals surface area (Å²) in [6, 6.07) is 3.79. The van der Waals surface area contributed by atoms with Gasteiger partial charge in [0.25, 0.3) is 0 Å². The number of methoxy groups -OCH3 is 2. The maximum Gasteiger partial charge on any atom is 0.306 e. The molecule has 1 aliphatic rings. The summed E-state index contributed by atoms with van der Waals surface area (Å²) in [6.07, 6.45) is 3.02. The van der Waals surface area contributed by atoms with Crippen LogP contribution in [0.25, 0.3) is 0 Å². The van der Waals surface area contributed by atoms with E-state index in [9.17, 15) is 9.90 Å². The van der Waals surface area contributed by atoms with Crippen molar-refractivity contribution in [2.24, 2.45) is 5.92 Å². The Kier molecular flexibility index (Phi) is 3.75. The molecule has 1 aliphatic carbocycles. The lowest BCUT2D eigenvalue weighted by Crippen LogP contribution is -2.15. The van der Waals surface area contributed by atoms with E-state index in [2.05, 4.69) is 0 Å². The lowest BCUT2D eigenvalue weighted by Gasteiger charge is -2.14. The van der Waals surface area contributed by atoms with Crippen LogP contribution in [-0.4, -0.2) is 25.3 Å². The maximum absolute atomic E-state index is 11.2. The molecule has 0 heterocycles. The lowest BCUT2D eigenvalue weighted by molar-refractivity contribution is -0.141. The van der Waals surface area contributed by atoms with Gasteiger partial charge in [0, 0.05) is 6.07 Å². The second-order valence-electron chi connectivity index (χ2n) is 4.60. The van der Waals surface area contributed by atoms with Crippen LogP contribution in [0.3, 0.4) is 0 Å². The third-order valence-corrected chi connectivity index (χ3v) is 3.53. The minimum absolute atomic E-state index is 0.303. The van der Waals surface area contributed by atoms with Gasteiger partial charge in [-0.2, -0.15) is 0 Å². The summed E-state index contributed by atoms with van der Waals surface area (Å²) >= 11 is 0. The van der Waals surface area contributed by atoms with Gasteiger partial charge in [-0.15, -0.1) is 0 Å². The number of aliphatic carboxylic acids is 1. The first-order valence-corrected chi connectivity index (χ1v) is 6.12. The molecule has 0 aliphatic heterocycles. The second-order valence-corrected chi connectivity index (χ2v) is 4.60. The zero-order valence-corrected chi connectivity index (χ0v) is 10.7. The first kappa shape index (κ1) is 12.7. The molecule has 0 saturated heterocycles. The van der Waals surface area contributed by atoms with E-state index in [-0.39, 0.29) is 5.92 Å². The van der Waals surface area contributed by atoms with Crippen molar-refractivity contribution >= 4 is 5.97 Å². The Morgan fingerprint density at radius 1 is 1.33 bits per heavy atom. The molecule has 4 nitrogen and oxygen atoms in total. The first-order valence-electron chi connectivity index (χ1n) is 6.12. The van der Waals surface area contributed by atoms with Crippen molar-refractivity contribution in [3.8, 4) is 11.5 Å². The van der Waals surface area contributed by atoms with Gasteiger partial charge < -0.3 is 14.6 Å². The summed E-state index contributed by atoms with van der Waals surface area (Å²) in [7, 11) is 3.24. The fraction of sp³-hybridized carbons (Fsp3) is 0.500. The minimum atomic E-state index is -0.718. The largest absolute Gasteiger partial charge is 0.497 e. The Morgan fingerprint density at radius 3 is 2.72 bits per heavy atom. The highest BCUT2D eigenvalue weighted by Gasteiger charge is 2.24. The fourth-order valence-corrected chi connectivity index (χ4v) is 2.54. The van der Waals surface area contributed by atoms with Crippen LogP contribution in [0.15, 0.2) is 12.1 Å². The van der Waals surface area contributed by atoms with E-state index in [0.29, 0.717) is 6.42 Å². The molecule has 1 aromatic rings. The minimum Gasteiger partial charge on any atom is -0.497 e. The molecule has 0 saturated carbocycles. The first-order chi connectivity index (χ1) is 8.65. The van der Waals surface area contributed by atoms with Crippen LogP contribution in [0.1, 0.15) is 24.0 Å². The Labute approximate surface area is 107 Å². The molecule has 2 rings (SSSR count). The molecular weight excluding hydrogens is 232 g/mol. The van der Waals surface area contributed by atoms with Crippen LogP contribution >= 0.6 is 0 Å². The van der Waals surface area contributed by atoms with Gasteiger partial charge in [0.05, 0.1) is 20.1 Å². The molecule has 4 heteroatoms. The van der Waals surface area contributed by atoms with E-state index >= 15 is 0 Å². The van der Waals surface area contributed by atoms with Gasteiger partial charge in [0.15, 0.2) is 0 Å². The Hall–Kier alpha value is -1.71. The summed E-state index contributed by atoms with van der Waals surface area (Å²) in [5.74, 6) is 0.500. The monoisotopic (exact) mass is 250 g/mol. The molecule has 0 bridgehead atoms. The Morgan fingerprint density at radius 2 is 2.11 bits per heavy atom. The van der Waals surface area contributed by atoms with E-state index in [0.717, 1.165) is 41.9 Å². The number of hydrogen-bond donors (Lipinski definition) is 1. The molecule has 0 fully saturated rings. The van der Waals surface area contributed by atoms with Gasteiger partial charge in [0.2, 0.25) is 0 Å². The highest BCUT2D eigenvalue weighted by Crippen LogP contribution is 2.34. The third kappa shape index (κ3) is 2.42. The summed E-state index contributed by atoms with van der Waals surface area (Å²) in [4.78, 5) is 11.2. The van der Waals surface area contributed by atoms with Crippen LogP contribution in [-0.2, 0) is 17.6 Å². The fourth-order valence-electron chi connectivity index (χ4n) is 2.54. The van der Waals surface area contributed by atoms with Crippen molar-refractivity contribution in [1.29, 1.82) is 0 Å². The predicted octanol–water partition coefficient (Wildman–Crippen LogP) is 2.28. The van der Waals surface area contributed by atoms with Crippen molar-refractivity contribution < 1.29 is 19.4 Å². The SMILES string of the molecule is COc1cc2c(c(OC)c1)CCC[C@@H](C(=O)O)C2. The van der Waals surface area contributed by atoms with Gasteiger partial charge in [0.1, 0.15) is 11.5 Å². The molecule has 0 amide bonds. The molecular formula is C14H18O4. The number of hydrogen-bond acceptors (Lipinski definition) is 3. The summed E-state index contributed by atoms with van der Waals surface area (Å²) in [5, 5.41) is 9.18. The van der Waals surface area contributed by atoms with Crippen LogP contribution in [0.4, 0.5) is 0 Å². The van der Waals surface area contributed by atoms with Gasteiger partial charge >= 0.3 is 5.97 Å². The smallest absolute Gasteiger partial charge is 0.306 e. The lowest BCUT2D eigenvalue weighted by atomic mass is 9.96. The second kappa shape index (κ2) is 5.29. The number of benzene rings is 1. The van der Waals surface area contributed by atoms with Crippen LogP contribution in [0, 0.1) is 5.92 Å². The quantitative estimate of drug-likeness (QED) is 0.836. The molecule has 1 N–H and O–H groups in total. The summed E-state index contributed by atoms with van der Waals surface area (Å²) in [5.41, 5.74) is 2.16. The van der Waals surface area contributed by atoms with Gasteiger partial charge in [-0.05, 0) is 42.9 Å². The number of carboxylic acids is 1. The zero-order valence-electron chi connectivity index (χ0n) is 10.7. The van der Waals surface area contributed by atoms with Crippen molar-refractivity contribution in [3.05, 3.63) is 23.3 Å². The van der Waals surface area contributed by atoms with Crippen molar-refractivity contribution in [2.45, 2.75) is 25.7 Å². The van der Waals surface area contributed by atoms with Crippen LogP contribution in [0.2, 0.25) is 0 Å². The molecule has 1 atom stereocenters. The van der Waals surface area contributed by atoms with E-state index in [1.54, 1.807) is 14.2 Å². The van der Waals surface area contributed by atoms with Gasteiger partial charge in [-0.3, -0.25) is 4.79 Å². The van der Waals surface area contributed by atoms with E-state index in [1.807, 2.05) is 12.1 Å². The highest BCUT2D eigenvalue weighted by molar-refractivity contribution is 5.71. The average Bonchev–Trinajstić information content (AvgIpc) is 2.59. The molecule has 1 aromatic carbocycles. The molecule has 0 spiro atoms. The van der Waals surface area contributed by atoms with Crippen molar-refractivity contribution in [3.63, 3.8) is 0 Å². The number of rotatable bonds is 3.